The Kier molecular flexibility index (Phi) is 3.51. The second-order valence-corrected chi connectivity index (χ2v) is 6.61. The van der Waals surface area contributed by atoms with Crippen LogP contribution < -0.4 is 15.2 Å². The lowest BCUT2D eigenvalue weighted by Gasteiger charge is -2.39. The van der Waals surface area contributed by atoms with E-state index in [4.69, 9.17) is 15.2 Å². The zero-order chi connectivity index (χ0) is 14.2. The SMILES string of the molecule is NC(CN1CCCC2CCCC21)c1ccc2c(c1)OCO2. The molecule has 1 saturated heterocycles. The molecule has 0 aromatic heterocycles. The molecule has 3 atom stereocenters. The number of piperidine rings is 1. The van der Waals surface area contributed by atoms with Crippen LogP contribution >= 0.6 is 0 Å². The highest BCUT2D eigenvalue weighted by Gasteiger charge is 2.35. The summed E-state index contributed by atoms with van der Waals surface area (Å²) in [5.41, 5.74) is 7.62. The molecule has 0 radical (unpaired) electrons. The van der Waals surface area contributed by atoms with E-state index in [-0.39, 0.29) is 6.04 Å². The van der Waals surface area contributed by atoms with Gasteiger partial charge in [0.25, 0.3) is 0 Å². The standard InChI is InChI=1S/C17H24N2O2/c18-14(13-6-7-16-17(9-13)21-11-20-16)10-19-8-2-4-12-3-1-5-15(12)19/h6-7,9,12,14-15H,1-5,8,10-11,18H2. The zero-order valence-corrected chi connectivity index (χ0v) is 12.5. The number of benzene rings is 1. The predicted molar refractivity (Wildman–Crippen MR) is 81.4 cm³/mol. The molecule has 4 nitrogen and oxygen atoms in total. The first-order chi connectivity index (χ1) is 10.3. The van der Waals surface area contributed by atoms with E-state index in [0.29, 0.717) is 6.79 Å². The molecule has 2 heterocycles. The number of nitrogens with two attached hydrogens (primary N) is 1. The quantitative estimate of drug-likeness (QED) is 0.929. The Hall–Kier alpha value is -1.26. The molecule has 0 bridgehead atoms. The largest absolute Gasteiger partial charge is 0.454 e. The number of ether oxygens (including phenoxy) is 2. The molecular formula is C17H24N2O2. The molecule has 0 spiro atoms. The molecule has 1 aromatic carbocycles. The first-order valence-corrected chi connectivity index (χ1v) is 8.20. The van der Waals surface area contributed by atoms with E-state index in [9.17, 15) is 0 Å². The summed E-state index contributed by atoms with van der Waals surface area (Å²) in [6.07, 6.45) is 6.92. The molecule has 0 amide bonds. The van der Waals surface area contributed by atoms with Gasteiger partial charge in [-0.3, -0.25) is 4.90 Å². The van der Waals surface area contributed by atoms with Crippen LogP contribution in [0.15, 0.2) is 18.2 Å². The molecular weight excluding hydrogens is 264 g/mol. The van der Waals surface area contributed by atoms with Gasteiger partial charge in [-0.25, -0.2) is 0 Å². The summed E-state index contributed by atoms with van der Waals surface area (Å²) in [5.74, 6) is 2.59. The number of fused-ring (bicyclic) bond motifs is 2. The second kappa shape index (κ2) is 5.50. The minimum Gasteiger partial charge on any atom is -0.454 e. The Balaban J connectivity index is 1.46. The van der Waals surface area contributed by atoms with E-state index in [2.05, 4.69) is 11.0 Å². The molecule has 3 unspecified atom stereocenters. The molecule has 1 aliphatic carbocycles. The number of rotatable bonds is 3. The third kappa shape index (κ3) is 2.51. The molecule has 114 valence electrons. The highest BCUT2D eigenvalue weighted by atomic mass is 16.7. The van der Waals surface area contributed by atoms with E-state index < -0.39 is 0 Å². The molecule has 1 aromatic rings. The van der Waals surface area contributed by atoms with Crippen molar-refractivity contribution in [2.24, 2.45) is 11.7 Å². The predicted octanol–water partition coefficient (Wildman–Crippen LogP) is 2.68. The van der Waals surface area contributed by atoms with Gasteiger partial charge in [-0.05, 0) is 55.8 Å². The van der Waals surface area contributed by atoms with Gasteiger partial charge in [-0.15, -0.1) is 0 Å². The van der Waals surface area contributed by atoms with Gasteiger partial charge in [0, 0.05) is 18.6 Å². The van der Waals surface area contributed by atoms with Crippen molar-refractivity contribution in [2.75, 3.05) is 19.9 Å². The lowest BCUT2D eigenvalue weighted by molar-refractivity contribution is 0.106. The van der Waals surface area contributed by atoms with Crippen molar-refractivity contribution < 1.29 is 9.47 Å². The molecule has 3 aliphatic rings. The van der Waals surface area contributed by atoms with Crippen molar-refractivity contribution in [1.29, 1.82) is 0 Å². The lowest BCUT2D eigenvalue weighted by atomic mass is 9.91. The maximum Gasteiger partial charge on any atom is 0.231 e. The molecule has 2 N–H and O–H groups in total. The molecule has 2 aliphatic heterocycles. The summed E-state index contributed by atoms with van der Waals surface area (Å²) >= 11 is 0. The van der Waals surface area contributed by atoms with E-state index >= 15 is 0 Å². The normalized spacial score (nSPS) is 29.4. The molecule has 21 heavy (non-hydrogen) atoms. The van der Waals surface area contributed by atoms with Gasteiger partial charge in [0.15, 0.2) is 11.5 Å². The van der Waals surface area contributed by atoms with Crippen LogP contribution in [0.5, 0.6) is 11.5 Å². The summed E-state index contributed by atoms with van der Waals surface area (Å²) in [6, 6.07) is 6.93. The smallest absolute Gasteiger partial charge is 0.231 e. The fourth-order valence-electron chi connectivity index (χ4n) is 4.29. The number of hydrogen-bond acceptors (Lipinski definition) is 4. The third-order valence-corrected chi connectivity index (χ3v) is 5.36. The Morgan fingerprint density at radius 3 is 2.95 bits per heavy atom. The van der Waals surface area contributed by atoms with Gasteiger partial charge in [0.1, 0.15) is 0 Å². The molecule has 2 fully saturated rings. The highest BCUT2D eigenvalue weighted by molar-refractivity contribution is 5.45. The van der Waals surface area contributed by atoms with Gasteiger partial charge in [-0.2, -0.15) is 0 Å². The lowest BCUT2D eigenvalue weighted by Crippen LogP contribution is -2.45. The monoisotopic (exact) mass is 288 g/mol. The van der Waals surface area contributed by atoms with E-state index in [1.807, 2.05) is 12.1 Å². The summed E-state index contributed by atoms with van der Waals surface area (Å²) in [7, 11) is 0. The van der Waals surface area contributed by atoms with Crippen LogP contribution in [-0.2, 0) is 0 Å². The van der Waals surface area contributed by atoms with Gasteiger partial charge in [0.05, 0.1) is 0 Å². The van der Waals surface area contributed by atoms with Crippen molar-refractivity contribution in [3.05, 3.63) is 23.8 Å². The third-order valence-electron chi connectivity index (χ3n) is 5.36. The van der Waals surface area contributed by atoms with Crippen molar-refractivity contribution in [3.63, 3.8) is 0 Å². The second-order valence-electron chi connectivity index (χ2n) is 6.61. The van der Waals surface area contributed by atoms with Crippen molar-refractivity contribution in [1.82, 2.24) is 4.90 Å². The Morgan fingerprint density at radius 1 is 1.14 bits per heavy atom. The van der Waals surface area contributed by atoms with E-state index in [1.54, 1.807) is 0 Å². The minimum absolute atomic E-state index is 0.0545. The van der Waals surface area contributed by atoms with Crippen molar-refractivity contribution in [2.45, 2.75) is 44.2 Å². The van der Waals surface area contributed by atoms with Crippen molar-refractivity contribution in [3.8, 4) is 11.5 Å². The fourth-order valence-corrected chi connectivity index (χ4v) is 4.29. The Bertz CT molecular complexity index is 520. The van der Waals surface area contributed by atoms with Crippen LogP contribution in [-0.4, -0.2) is 30.8 Å². The Labute approximate surface area is 126 Å². The Morgan fingerprint density at radius 2 is 2.00 bits per heavy atom. The van der Waals surface area contributed by atoms with Gasteiger partial charge in [0.2, 0.25) is 6.79 Å². The maximum absolute atomic E-state index is 6.46. The minimum atomic E-state index is 0.0545. The highest BCUT2D eigenvalue weighted by Crippen LogP contribution is 2.38. The average Bonchev–Trinajstić information content (AvgIpc) is 3.15. The van der Waals surface area contributed by atoms with Crippen molar-refractivity contribution >= 4 is 0 Å². The van der Waals surface area contributed by atoms with Crippen LogP contribution in [0.1, 0.15) is 43.7 Å². The summed E-state index contributed by atoms with van der Waals surface area (Å²) in [5, 5.41) is 0. The number of nitrogens with zero attached hydrogens (tertiary/aromatic N) is 1. The van der Waals surface area contributed by atoms with Gasteiger partial charge in [-0.1, -0.05) is 12.5 Å². The first-order valence-electron chi connectivity index (χ1n) is 8.20. The first kappa shape index (κ1) is 13.4. The van der Waals surface area contributed by atoms with Crippen LogP contribution in [0.2, 0.25) is 0 Å². The topological polar surface area (TPSA) is 47.7 Å². The fraction of sp³-hybridized carbons (Fsp3) is 0.647. The van der Waals surface area contributed by atoms with Gasteiger partial charge >= 0.3 is 0 Å². The van der Waals surface area contributed by atoms with Gasteiger partial charge < -0.3 is 15.2 Å². The zero-order valence-electron chi connectivity index (χ0n) is 12.5. The van der Waals surface area contributed by atoms with E-state index in [0.717, 1.165) is 35.6 Å². The van der Waals surface area contributed by atoms with Crippen LogP contribution in [0.25, 0.3) is 0 Å². The van der Waals surface area contributed by atoms with Crippen LogP contribution in [0, 0.1) is 5.92 Å². The number of likely N-dealkylation sites (tertiary alicyclic amines) is 1. The van der Waals surface area contributed by atoms with Crippen LogP contribution in [0.3, 0.4) is 0 Å². The summed E-state index contributed by atoms with van der Waals surface area (Å²) in [6.45, 7) is 2.49. The molecule has 1 saturated carbocycles. The average molecular weight is 288 g/mol. The summed E-state index contributed by atoms with van der Waals surface area (Å²) in [4.78, 5) is 2.64. The van der Waals surface area contributed by atoms with Crippen LogP contribution in [0.4, 0.5) is 0 Å². The number of hydrogen-bond donors (Lipinski definition) is 1. The molecule has 4 heteroatoms. The maximum atomic E-state index is 6.46. The molecule has 4 rings (SSSR count). The summed E-state index contributed by atoms with van der Waals surface area (Å²) < 4.78 is 10.8. The van der Waals surface area contributed by atoms with E-state index in [1.165, 1.54) is 38.6 Å².